The van der Waals surface area contributed by atoms with E-state index in [1.54, 1.807) is 4.90 Å². The molecule has 0 bridgehead atoms. The molecule has 1 aliphatic rings. The molecule has 2 aromatic rings. The van der Waals surface area contributed by atoms with Crippen molar-refractivity contribution in [3.05, 3.63) is 28.0 Å². The van der Waals surface area contributed by atoms with Crippen LogP contribution in [-0.2, 0) is 4.74 Å². The quantitative estimate of drug-likeness (QED) is 0.643. The third-order valence-corrected chi connectivity index (χ3v) is 6.01. The van der Waals surface area contributed by atoms with Gasteiger partial charge in [0.15, 0.2) is 5.82 Å². The number of hydrogen-bond donors (Lipinski definition) is 0. The highest BCUT2D eigenvalue weighted by atomic mass is 35.5. The molecular weight excluding hydrogens is 363 g/mol. The number of ether oxygens (including phenoxy) is 1. The zero-order chi connectivity index (χ0) is 18.4. The fourth-order valence-electron chi connectivity index (χ4n) is 3.24. The molecule has 2 atom stereocenters. The van der Waals surface area contributed by atoms with Crippen molar-refractivity contribution in [2.24, 2.45) is 0 Å². The second kappa shape index (κ2) is 6.72. The molecule has 2 aromatic heterocycles. The van der Waals surface area contributed by atoms with E-state index >= 15 is 0 Å². The first-order valence-electron chi connectivity index (χ1n) is 8.40. The van der Waals surface area contributed by atoms with Crippen molar-refractivity contribution in [3.63, 3.8) is 0 Å². The van der Waals surface area contributed by atoms with E-state index in [4.69, 9.17) is 16.3 Å². The van der Waals surface area contributed by atoms with Gasteiger partial charge in [0.1, 0.15) is 10.4 Å². The molecule has 0 saturated carbocycles. The van der Waals surface area contributed by atoms with E-state index in [2.05, 4.69) is 4.98 Å². The molecule has 1 amide bonds. The third-order valence-electron chi connectivity index (χ3n) is 4.45. The lowest BCUT2D eigenvalue weighted by Gasteiger charge is -2.39. The van der Waals surface area contributed by atoms with Crippen LogP contribution < -0.4 is 0 Å². The summed E-state index contributed by atoms with van der Waals surface area (Å²) in [5.74, 6) is -0.342. The van der Waals surface area contributed by atoms with E-state index in [1.165, 1.54) is 11.3 Å². The number of fused-ring (bicyclic) bond motifs is 1. The van der Waals surface area contributed by atoms with Crippen LogP contribution >= 0.6 is 22.9 Å². The summed E-state index contributed by atoms with van der Waals surface area (Å²) in [6.07, 6.45) is 2.74. The van der Waals surface area contributed by atoms with Crippen LogP contribution in [-0.4, -0.2) is 34.2 Å². The highest BCUT2D eigenvalue weighted by Gasteiger charge is 2.35. The number of likely N-dealkylation sites (tertiary alicyclic amines) is 1. The Kier molecular flexibility index (Phi) is 4.95. The molecule has 2 unspecified atom stereocenters. The molecule has 0 N–H and O–H groups in total. The lowest BCUT2D eigenvalue weighted by atomic mass is 9.89. The van der Waals surface area contributed by atoms with E-state index in [9.17, 15) is 9.18 Å². The first-order valence-corrected chi connectivity index (χ1v) is 9.60. The maximum Gasteiger partial charge on any atom is 0.410 e. The summed E-state index contributed by atoms with van der Waals surface area (Å²) in [6, 6.07) is 1.92. The predicted octanol–water partition coefficient (Wildman–Crippen LogP) is 5.59. The number of piperidine rings is 1. The number of halogens is 2. The van der Waals surface area contributed by atoms with Crippen molar-refractivity contribution in [3.8, 4) is 0 Å². The van der Waals surface area contributed by atoms with Gasteiger partial charge in [-0.05, 0) is 46.6 Å². The number of pyridine rings is 1. The van der Waals surface area contributed by atoms with Crippen LogP contribution in [0.4, 0.5) is 9.18 Å². The number of carbonyl (C=O) groups is 1. The second-order valence-corrected chi connectivity index (χ2v) is 8.89. The fraction of sp³-hybridized carbons (Fsp3) is 0.556. The summed E-state index contributed by atoms with van der Waals surface area (Å²) >= 11 is 7.59. The Labute approximate surface area is 155 Å². The largest absolute Gasteiger partial charge is 0.444 e. The lowest BCUT2D eigenvalue weighted by Crippen LogP contribution is -2.47. The minimum atomic E-state index is -0.518. The molecule has 0 aliphatic carbocycles. The first-order chi connectivity index (χ1) is 11.7. The number of carbonyl (C=O) groups excluding carboxylic acids is 1. The minimum Gasteiger partial charge on any atom is -0.444 e. The minimum absolute atomic E-state index is 0.000264. The van der Waals surface area contributed by atoms with E-state index in [-0.39, 0.29) is 23.1 Å². The number of aromatic nitrogens is 1. The Morgan fingerprint density at radius 3 is 2.88 bits per heavy atom. The third kappa shape index (κ3) is 3.75. The van der Waals surface area contributed by atoms with Gasteiger partial charge in [-0.15, -0.1) is 11.3 Å². The van der Waals surface area contributed by atoms with E-state index < -0.39 is 11.4 Å². The maximum absolute atomic E-state index is 13.6. The average molecular weight is 385 g/mol. The summed E-state index contributed by atoms with van der Waals surface area (Å²) in [5, 5.41) is 0.753. The molecule has 0 radical (unpaired) electrons. The van der Waals surface area contributed by atoms with Crippen LogP contribution in [0.25, 0.3) is 10.2 Å². The van der Waals surface area contributed by atoms with Crippen molar-refractivity contribution in [1.82, 2.24) is 9.88 Å². The second-order valence-electron chi connectivity index (χ2n) is 7.45. The topological polar surface area (TPSA) is 42.4 Å². The van der Waals surface area contributed by atoms with Crippen LogP contribution in [0, 0.1) is 5.82 Å². The number of rotatable bonds is 1. The molecule has 1 saturated heterocycles. The highest BCUT2D eigenvalue weighted by Crippen LogP contribution is 2.40. The normalized spacial score (nSPS) is 21.6. The molecule has 7 heteroatoms. The molecule has 4 nitrogen and oxygen atoms in total. The Balaban J connectivity index is 1.87. The lowest BCUT2D eigenvalue weighted by molar-refractivity contribution is 0.00911. The predicted molar refractivity (Wildman–Crippen MR) is 99.0 cm³/mol. The van der Waals surface area contributed by atoms with Gasteiger partial charge in [0.2, 0.25) is 0 Å². The van der Waals surface area contributed by atoms with Gasteiger partial charge < -0.3 is 9.64 Å². The van der Waals surface area contributed by atoms with Crippen LogP contribution in [0.3, 0.4) is 0 Å². The van der Waals surface area contributed by atoms with Crippen molar-refractivity contribution in [2.45, 2.75) is 58.1 Å². The molecule has 25 heavy (non-hydrogen) atoms. The van der Waals surface area contributed by atoms with Crippen molar-refractivity contribution in [2.75, 3.05) is 6.54 Å². The Hall–Kier alpha value is -1.40. The first kappa shape index (κ1) is 18.4. The van der Waals surface area contributed by atoms with E-state index in [1.807, 2.05) is 33.8 Å². The molecule has 3 rings (SSSR count). The van der Waals surface area contributed by atoms with Crippen molar-refractivity contribution >= 4 is 39.2 Å². The molecule has 1 aliphatic heterocycles. The standard InChI is InChI=1S/C18H22ClFN2O2S/c1-10-11(6-5-7-22(10)17(23)24-18(2,3)4)14-8-12-15(19)13(20)9-21-16(12)25-14/h8-11H,5-7H2,1-4H3. The zero-order valence-electron chi connectivity index (χ0n) is 14.8. The Morgan fingerprint density at radius 2 is 2.20 bits per heavy atom. The van der Waals surface area contributed by atoms with Gasteiger partial charge in [-0.25, -0.2) is 14.2 Å². The summed E-state index contributed by atoms with van der Waals surface area (Å²) in [7, 11) is 0. The molecule has 136 valence electrons. The number of nitrogens with zero attached hydrogens (tertiary/aromatic N) is 2. The van der Waals surface area contributed by atoms with E-state index in [0.717, 1.165) is 28.7 Å². The molecule has 1 fully saturated rings. The van der Waals surface area contributed by atoms with Crippen LogP contribution in [0.5, 0.6) is 0 Å². The summed E-state index contributed by atoms with van der Waals surface area (Å²) in [5.41, 5.74) is -0.518. The van der Waals surface area contributed by atoms with Gasteiger partial charge in [0.25, 0.3) is 0 Å². The number of hydrogen-bond acceptors (Lipinski definition) is 4. The van der Waals surface area contributed by atoms with Gasteiger partial charge in [-0.2, -0.15) is 0 Å². The summed E-state index contributed by atoms with van der Waals surface area (Å²) in [6.45, 7) is 8.32. The number of amides is 1. The Morgan fingerprint density at radius 1 is 1.48 bits per heavy atom. The summed E-state index contributed by atoms with van der Waals surface area (Å²) in [4.78, 5) is 20.2. The van der Waals surface area contributed by atoms with Gasteiger partial charge >= 0.3 is 6.09 Å². The SMILES string of the molecule is CC1C(c2cc3c(Cl)c(F)cnc3s2)CCCN1C(=O)OC(C)(C)C. The molecule has 0 aromatic carbocycles. The van der Waals surface area contributed by atoms with Gasteiger partial charge in [0.05, 0.1) is 11.2 Å². The molecule has 3 heterocycles. The van der Waals surface area contributed by atoms with E-state index in [0.29, 0.717) is 11.9 Å². The van der Waals surface area contributed by atoms with Crippen molar-refractivity contribution in [1.29, 1.82) is 0 Å². The molecule has 0 spiro atoms. The van der Waals surface area contributed by atoms with Crippen LogP contribution in [0.15, 0.2) is 12.3 Å². The number of thiophene rings is 1. The Bertz CT molecular complexity index is 802. The molecular formula is C18H22ClFN2O2S. The summed E-state index contributed by atoms with van der Waals surface area (Å²) < 4.78 is 19.2. The van der Waals surface area contributed by atoms with Gasteiger partial charge in [-0.1, -0.05) is 11.6 Å². The van der Waals surface area contributed by atoms with Crippen molar-refractivity contribution < 1.29 is 13.9 Å². The monoisotopic (exact) mass is 384 g/mol. The smallest absolute Gasteiger partial charge is 0.410 e. The van der Waals surface area contributed by atoms with Crippen LogP contribution in [0.2, 0.25) is 5.02 Å². The fourth-order valence-corrected chi connectivity index (χ4v) is 4.73. The van der Waals surface area contributed by atoms with Gasteiger partial charge in [0, 0.05) is 28.8 Å². The van der Waals surface area contributed by atoms with Gasteiger partial charge in [-0.3, -0.25) is 0 Å². The zero-order valence-corrected chi connectivity index (χ0v) is 16.4. The van der Waals surface area contributed by atoms with Crippen LogP contribution in [0.1, 0.15) is 51.3 Å². The average Bonchev–Trinajstić information content (AvgIpc) is 2.94. The maximum atomic E-state index is 13.6. The highest BCUT2D eigenvalue weighted by molar-refractivity contribution is 7.18.